The van der Waals surface area contributed by atoms with Crippen LogP contribution in [0.15, 0.2) is 17.5 Å². The number of nitrogens with two attached hydrogens (primary N) is 1. The van der Waals surface area contributed by atoms with E-state index >= 15 is 0 Å². The lowest BCUT2D eigenvalue weighted by Crippen LogP contribution is -2.50. The summed E-state index contributed by atoms with van der Waals surface area (Å²) in [6.45, 7) is 9.65. The first-order chi connectivity index (χ1) is 9.98. The number of thiophene rings is 1. The van der Waals surface area contributed by atoms with E-state index in [1.807, 2.05) is 11.3 Å². The van der Waals surface area contributed by atoms with E-state index < -0.39 is 0 Å². The molecular formula is C18H30N2S. The molecule has 3 heteroatoms. The maximum absolute atomic E-state index is 6.32. The Balaban J connectivity index is 1.67. The highest BCUT2D eigenvalue weighted by Gasteiger charge is 2.43. The van der Waals surface area contributed by atoms with E-state index in [0.29, 0.717) is 17.4 Å². The molecule has 2 fully saturated rings. The average Bonchev–Trinajstić information content (AvgIpc) is 3.17. The Kier molecular flexibility index (Phi) is 4.45. The second kappa shape index (κ2) is 6.02. The van der Waals surface area contributed by atoms with Crippen LogP contribution >= 0.6 is 11.3 Å². The smallest absolute Gasteiger partial charge is 0.0330 e. The van der Waals surface area contributed by atoms with Crippen molar-refractivity contribution in [1.29, 1.82) is 0 Å². The first-order valence-corrected chi connectivity index (χ1v) is 9.38. The van der Waals surface area contributed by atoms with Crippen LogP contribution in [0, 0.1) is 17.3 Å². The van der Waals surface area contributed by atoms with E-state index in [0.717, 1.165) is 18.5 Å². The lowest BCUT2D eigenvalue weighted by Gasteiger charge is -2.48. The summed E-state index contributed by atoms with van der Waals surface area (Å²) in [6.07, 6.45) is 5.29. The molecule has 3 rings (SSSR count). The van der Waals surface area contributed by atoms with Crippen LogP contribution in [0.2, 0.25) is 0 Å². The van der Waals surface area contributed by atoms with Crippen LogP contribution in [0.25, 0.3) is 0 Å². The highest BCUT2D eigenvalue weighted by molar-refractivity contribution is 7.09. The van der Waals surface area contributed by atoms with E-state index in [4.69, 9.17) is 5.73 Å². The molecule has 1 aromatic heterocycles. The van der Waals surface area contributed by atoms with Gasteiger partial charge in [-0.25, -0.2) is 0 Å². The van der Waals surface area contributed by atoms with Gasteiger partial charge < -0.3 is 5.73 Å². The highest BCUT2D eigenvalue weighted by Crippen LogP contribution is 2.45. The molecule has 0 spiro atoms. The van der Waals surface area contributed by atoms with Gasteiger partial charge in [-0.05, 0) is 54.4 Å². The maximum atomic E-state index is 6.32. The van der Waals surface area contributed by atoms with Crippen LogP contribution < -0.4 is 5.73 Å². The second-order valence-electron chi connectivity index (χ2n) is 7.79. The molecule has 0 radical (unpaired) electrons. The Labute approximate surface area is 133 Å². The third kappa shape index (κ3) is 3.35. The summed E-state index contributed by atoms with van der Waals surface area (Å²) in [4.78, 5) is 4.27. The highest BCUT2D eigenvalue weighted by atomic mass is 32.1. The first-order valence-electron chi connectivity index (χ1n) is 8.50. The van der Waals surface area contributed by atoms with Crippen molar-refractivity contribution in [3.05, 3.63) is 22.4 Å². The Hall–Kier alpha value is -0.380. The van der Waals surface area contributed by atoms with E-state index in [1.165, 1.54) is 37.1 Å². The van der Waals surface area contributed by atoms with Crippen LogP contribution in [-0.2, 0) is 6.54 Å². The molecule has 3 atom stereocenters. The van der Waals surface area contributed by atoms with Crippen molar-refractivity contribution < 1.29 is 0 Å². The summed E-state index contributed by atoms with van der Waals surface area (Å²) in [7, 11) is 0. The number of rotatable bonds is 5. The van der Waals surface area contributed by atoms with Crippen molar-refractivity contribution in [2.45, 2.75) is 65.1 Å². The van der Waals surface area contributed by atoms with E-state index in [-0.39, 0.29) is 0 Å². The fraction of sp³-hybridized carbons (Fsp3) is 0.778. The van der Waals surface area contributed by atoms with Crippen LogP contribution in [0.3, 0.4) is 0 Å². The molecule has 2 nitrogen and oxygen atoms in total. The molecule has 0 aliphatic heterocycles. The molecule has 2 saturated carbocycles. The zero-order valence-electron chi connectivity index (χ0n) is 13.7. The lowest BCUT2D eigenvalue weighted by molar-refractivity contribution is 0.0251. The predicted octanol–water partition coefficient (Wildman–Crippen LogP) is 4.11. The van der Waals surface area contributed by atoms with Gasteiger partial charge in [-0.2, -0.15) is 0 Å². The number of hydrogen-bond acceptors (Lipinski definition) is 3. The Bertz CT molecular complexity index is 450. The molecule has 2 aliphatic carbocycles. The molecule has 2 aliphatic rings. The van der Waals surface area contributed by atoms with Gasteiger partial charge in [0.15, 0.2) is 0 Å². The summed E-state index contributed by atoms with van der Waals surface area (Å²) in [5.74, 6) is 1.41. The largest absolute Gasteiger partial charge is 0.327 e. The van der Waals surface area contributed by atoms with Crippen molar-refractivity contribution in [2.75, 3.05) is 6.54 Å². The van der Waals surface area contributed by atoms with Crippen LogP contribution in [0.5, 0.6) is 0 Å². The molecule has 0 bridgehead atoms. The molecule has 0 aromatic carbocycles. The van der Waals surface area contributed by atoms with Gasteiger partial charge in [-0.1, -0.05) is 26.8 Å². The number of nitrogens with zero attached hydrogens (tertiary/aromatic N) is 1. The molecule has 0 saturated heterocycles. The average molecular weight is 307 g/mol. The molecule has 0 amide bonds. The van der Waals surface area contributed by atoms with Crippen molar-refractivity contribution in [2.24, 2.45) is 23.0 Å². The van der Waals surface area contributed by atoms with Crippen LogP contribution in [0.1, 0.15) is 51.3 Å². The molecule has 21 heavy (non-hydrogen) atoms. The summed E-state index contributed by atoms with van der Waals surface area (Å²) in [5, 5.41) is 2.20. The lowest BCUT2D eigenvalue weighted by atomic mass is 9.61. The topological polar surface area (TPSA) is 29.3 Å². The van der Waals surface area contributed by atoms with Crippen LogP contribution in [0.4, 0.5) is 0 Å². The van der Waals surface area contributed by atoms with Gasteiger partial charge in [0.25, 0.3) is 0 Å². The summed E-state index contributed by atoms with van der Waals surface area (Å²) in [5.41, 5.74) is 6.68. The zero-order valence-corrected chi connectivity index (χ0v) is 14.5. The van der Waals surface area contributed by atoms with Gasteiger partial charge >= 0.3 is 0 Å². The monoisotopic (exact) mass is 306 g/mol. The summed E-state index contributed by atoms with van der Waals surface area (Å²) >= 11 is 1.90. The maximum Gasteiger partial charge on any atom is 0.0330 e. The van der Waals surface area contributed by atoms with E-state index in [9.17, 15) is 0 Å². The fourth-order valence-electron chi connectivity index (χ4n) is 3.93. The van der Waals surface area contributed by atoms with E-state index in [1.54, 1.807) is 0 Å². The quantitative estimate of drug-likeness (QED) is 0.887. The van der Waals surface area contributed by atoms with Crippen LogP contribution in [-0.4, -0.2) is 23.5 Å². The van der Waals surface area contributed by atoms with E-state index in [2.05, 4.69) is 43.2 Å². The molecular weight excluding hydrogens is 276 g/mol. The third-order valence-electron chi connectivity index (χ3n) is 6.17. The Morgan fingerprint density at radius 2 is 2.05 bits per heavy atom. The zero-order chi connectivity index (χ0) is 15.0. The predicted molar refractivity (Wildman–Crippen MR) is 91.4 cm³/mol. The SMILES string of the molecule is CC1C(N)CCC(CN(Cc2cccs2)C2CC2)C1(C)C. The minimum atomic E-state index is 0.361. The van der Waals surface area contributed by atoms with Gasteiger partial charge in [0.2, 0.25) is 0 Å². The second-order valence-corrected chi connectivity index (χ2v) is 8.82. The first kappa shape index (κ1) is 15.5. The van der Waals surface area contributed by atoms with Gasteiger partial charge in [0.1, 0.15) is 0 Å². The molecule has 1 heterocycles. The van der Waals surface area contributed by atoms with Crippen molar-refractivity contribution in [3.63, 3.8) is 0 Å². The Morgan fingerprint density at radius 3 is 2.67 bits per heavy atom. The summed E-state index contributed by atoms with van der Waals surface area (Å²) in [6, 6.07) is 5.69. The van der Waals surface area contributed by atoms with Crippen molar-refractivity contribution in [1.82, 2.24) is 4.90 Å². The Morgan fingerprint density at radius 1 is 1.29 bits per heavy atom. The molecule has 3 unspecified atom stereocenters. The molecule has 2 N–H and O–H groups in total. The van der Waals surface area contributed by atoms with Gasteiger partial charge in [-0.15, -0.1) is 11.3 Å². The molecule has 118 valence electrons. The van der Waals surface area contributed by atoms with Crippen molar-refractivity contribution >= 4 is 11.3 Å². The minimum absolute atomic E-state index is 0.361. The fourth-order valence-corrected chi connectivity index (χ4v) is 4.66. The standard InChI is InChI=1S/C18H30N2S/c1-13-17(19)9-6-14(18(13,2)3)11-20(15-7-8-15)12-16-5-4-10-21-16/h4-5,10,13-15,17H,6-9,11-12,19H2,1-3H3. The molecule has 1 aromatic rings. The minimum Gasteiger partial charge on any atom is -0.327 e. The van der Waals surface area contributed by atoms with Crippen molar-refractivity contribution in [3.8, 4) is 0 Å². The number of hydrogen-bond donors (Lipinski definition) is 1. The van der Waals surface area contributed by atoms with Gasteiger partial charge in [0.05, 0.1) is 0 Å². The summed E-state index contributed by atoms with van der Waals surface area (Å²) < 4.78 is 0. The normalized spacial score (nSPS) is 32.5. The third-order valence-corrected chi connectivity index (χ3v) is 7.03. The van der Waals surface area contributed by atoms with Gasteiger partial charge in [-0.3, -0.25) is 4.90 Å². The van der Waals surface area contributed by atoms with Gasteiger partial charge in [0, 0.05) is 30.1 Å².